The van der Waals surface area contributed by atoms with E-state index in [1.807, 2.05) is 6.92 Å². The molecule has 0 aromatic rings. The number of alkyl halides is 3. The Labute approximate surface area is 89.4 Å². The molecule has 1 atom stereocenters. The molecular weight excluding hydrogens is 203 g/mol. The van der Waals surface area contributed by atoms with Crippen LogP contribution in [0.5, 0.6) is 0 Å². The van der Waals surface area contributed by atoms with Crippen molar-refractivity contribution >= 4 is 0 Å². The summed E-state index contributed by atoms with van der Waals surface area (Å²) in [6, 6.07) is 0.311. The van der Waals surface area contributed by atoms with Gasteiger partial charge in [0.1, 0.15) is 0 Å². The van der Waals surface area contributed by atoms with E-state index in [1.54, 1.807) is 0 Å². The average Bonchev–Trinajstić information content (AvgIpc) is 1.98. The number of hydrogen-bond donors (Lipinski definition) is 1. The Morgan fingerprint density at radius 3 is 2.40 bits per heavy atom. The second-order valence-corrected chi connectivity index (χ2v) is 4.36. The maximum absolute atomic E-state index is 12.0. The van der Waals surface area contributed by atoms with Crippen molar-refractivity contribution < 1.29 is 13.2 Å². The number of nitrogens with one attached hydrogen (secondary N) is 1. The molecule has 4 heteroatoms. The van der Waals surface area contributed by atoms with Crippen LogP contribution < -0.4 is 5.32 Å². The maximum atomic E-state index is 12.0. The zero-order valence-corrected chi connectivity index (χ0v) is 9.24. The third kappa shape index (κ3) is 4.87. The summed E-state index contributed by atoms with van der Waals surface area (Å²) < 4.78 is 35.9. The molecule has 0 spiro atoms. The lowest BCUT2D eigenvalue weighted by molar-refractivity contribution is -0.136. The van der Waals surface area contributed by atoms with E-state index in [0.29, 0.717) is 18.4 Å². The van der Waals surface area contributed by atoms with Gasteiger partial charge in [0.25, 0.3) is 0 Å². The molecule has 90 valence electrons. The quantitative estimate of drug-likeness (QED) is 0.726. The SMILES string of the molecule is CCNC(CCCC(F)(F)F)C1CCC1. The van der Waals surface area contributed by atoms with Gasteiger partial charge in [-0.2, -0.15) is 13.2 Å². The Bertz CT molecular complexity index is 175. The van der Waals surface area contributed by atoms with Crippen molar-refractivity contribution in [3.63, 3.8) is 0 Å². The topological polar surface area (TPSA) is 12.0 Å². The van der Waals surface area contributed by atoms with Crippen LogP contribution in [0.2, 0.25) is 0 Å². The molecule has 0 amide bonds. The number of hydrogen-bond acceptors (Lipinski definition) is 1. The van der Waals surface area contributed by atoms with E-state index in [4.69, 9.17) is 0 Å². The highest BCUT2D eigenvalue weighted by Gasteiger charge is 2.29. The summed E-state index contributed by atoms with van der Waals surface area (Å²) in [7, 11) is 0. The molecule has 0 aliphatic heterocycles. The van der Waals surface area contributed by atoms with Crippen molar-refractivity contribution in [2.24, 2.45) is 5.92 Å². The molecule has 1 aliphatic rings. The Kier molecular flexibility index (Phi) is 4.90. The molecule has 0 bridgehead atoms. The predicted octanol–water partition coefficient (Wildman–Crippen LogP) is 3.50. The van der Waals surface area contributed by atoms with Gasteiger partial charge in [-0.25, -0.2) is 0 Å². The molecule has 0 aromatic carbocycles. The fourth-order valence-electron chi connectivity index (χ4n) is 2.13. The van der Waals surface area contributed by atoms with Crippen LogP contribution in [0.25, 0.3) is 0 Å². The summed E-state index contributed by atoms with van der Waals surface area (Å²) in [6.07, 6.45) is -0.0904. The fourth-order valence-corrected chi connectivity index (χ4v) is 2.13. The third-order valence-corrected chi connectivity index (χ3v) is 3.16. The van der Waals surface area contributed by atoms with Gasteiger partial charge < -0.3 is 5.32 Å². The van der Waals surface area contributed by atoms with E-state index in [9.17, 15) is 13.2 Å². The van der Waals surface area contributed by atoms with E-state index >= 15 is 0 Å². The summed E-state index contributed by atoms with van der Waals surface area (Å²) >= 11 is 0. The smallest absolute Gasteiger partial charge is 0.314 e. The van der Waals surface area contributed by atoms with Crippen LogP contribution in [0, 0.1) is 5.92 Å². The molecule has 1 saturated carbocycles. The predicted molar refractivity (Wildman–Crippen MR) is 54.7 cm³/mol. The molecular formula is C11H20F3N. The van der Waals surface area contributed by atoms with Crippen LogP contribution in [0.3, 0.4) is 0 Å². The first kappa shape index (κ1) is 12.8. The van der Waals surface area contributed by atoms with Crippen molar-refractivity contribution in [1.82, 2.24) is 5.32 Å². The fraction of sp³-hybridized carbons (Fsp3) is 1.00. The van der Waals surface area contributed by atoms with Gasteiger partial charge in [-0.3, -0.25) is 0 Å². The van der Waals surface area contributed by atoms with Crippen LogP contribution in [0.4, 0.5) is 13.2 Å². The summed E-state index contributed by atoms with van der Waals surface area (Å²) in [5.74, 6) is 0.623. The number of rotatable bonds is 6. The van der Waals surface area contributed by atoms with Gasteiger partial charge in [-0.1, -0.05) is 13.3 Å². The number of halogens is 3. The lowest BCUT2D eigenvalue weighted by atomic mass is 9.78. The minimum Gasteiger partial charge on any atom is -0.314 e. The molecule has 1 aliphatic carbocycles. The van der Waals surface area contributed by atoms with Gasteiger partial charge in [0.05, 0.1) is 0 Å². The molecule has 1 unspecified atom stereocenters. The highest BCUT2D eigenvalue weighted by Crippen LogP contribution is 2.32. The van der Waals surface area contributed by atoms with Gasteiger partial charge >= 0.3 is 6.18 Å². The van der Waals surface area contributed by atoms with Crippen molar-refractivity contribution in [3.05, 3.63) is 0 Å². The van der Waals surface area contributed by atoms with Gasteiger partial charge in [-0.15, -0.1) is 0 Å². The molecule has 0 radical (unpaired) electrons. The monoisotopic (exact) mass is 223 g/mol. The van der Waals surface area contributed by atoms with Gasteiger partial charge in [0.15, 0.2) is 0 Å². The van der Waals surface area contributed by atoms with E-state index in [0.717, 1.165) is 6.54 Å². The third-order valence-electron chi connectivity index (χ3n) is 3.16. The zero-order chi connectivity index (χ0) is 11.3. The van der Waals surface area contributed by atoms with Crippen LogP contribution in [-0.2, 0) is 0 Å². The van der Waals surface area contributed by atoms with Crippen LogP contribution in [-0.4, -0.2) is 18.8 Å². The summed E-state index contributed by atoms with van der Waals surface area (Å²) in [5, 5.41) is 3.30. The highest BCUT2D eigenvalue weighted by atomic mass is 19.4. The van der Waals surface area contributed by atoms with Crippen LogP contribution in [0.1, 0.15) is 45.4 Å². The minimum atomic E-state index is -3.99. The molecule has 1 nitrogen and oxygen atoms in total. The van der Waals surface area contributed by atoms with E-state index in [1.165, 1.54) is 19.3 Å². The van der Waals surface area contributed by atoms with Crippen molar-refractivity contribution in [2.75, 3.05) is 6.54 Å². The minimum absolute atomic E-state index is 0.262. The second kappa shape index (κ2) is 5.73. The molecule has 0 saturated heterocycles. The molecule has 0 aromatic heterocycles. The van der Waals surface area contributed by atoms with Gasteiger partial charge in [-0.05, 0) is 38.1 Å². The van der Waals surface area contributed by atoms with Crippen molar-refractivity contribution in [1.29, 1.82) is 0 Å². The molecule has 0 heterocycles. The van der Waals surface area contributed by atoms with Gasteiger partial charge in [0.2, 0.25) is 0 Å². The zero-order valence-electron chi connectivity index (χ0n) is 9.24. The van der Waals surface area contributed by atoms with Crippen molar-refractivity contribution in [3.8, 4) is 0 Å². The standard InChI is InChI=1S/C11H20F3N/c1-2-15-10(9-5-3-6-9)7-4-8-11(12,13)14/h9-10,15H,2-8H2,1H3. The van der Waals surface area contributed by atoms with Crippen molar-refractivity contribution in [2.45, 2.75) is 57.7 Å². The Hall–Kier alpha value is -0.250. The largest absolute Gasteiger partial charge is 0.389 e. The first-order chi connectivity index (χ1) is 7.03. The lowest BCUT2D eigenvalue weighted by Crippen LogP contribution is -2.39. The molecule has 15 heavy (non-hydrogen) atoms. The van der Waals surface area contributed by atoms with E-state index < -0.39 is 12.6 Å². The average molecular weight is 223 g/mol. The molecule has 1 rings (SSSR count). The molecule has 1 N–H and O–H groups in total. The first-order valence-corrected chi connectivity index (χ1v) is 5.83. The Morgan fingerprint density at radius 2 is 2.00 bits per heavy atom. The summed E-state index contributed by atoms with van der Waals surface area (Å²) in [5.41, 5.74) is 0. The van der Waals surface area contributed by atoms with Crippen LogP contribution in [0.15, 0.2) is 0 Å². The highest BCUT2D eigenvalue weighted by molar-refractivity contribution is 4.82. The van der Waals surface area contributed by atoms with E-state index in [-0.39, 0.29) is 6.42 Å². The summed E-state index contributed by atoms with van der Waals surface area (Å²) in [4.78, 5) is 0. The first-order valence-electron chi connectivity index (χ1n) is 5.83. The Morgan fingerprint density at radius 1 is 1.33 bits per heavy atom. The normalized spacial score (nSPS) is 20.0. The lowest BCUT2D eigenvalue weighted by Gasteiger charge is -2.34. The van der Waals surface area contributed by atoms with Crippen LogP contribution >= 0.6 is 0 Å². The second-order valence-electron chi connectivity index (χ2n) is 4.36. The van der Waals surface area contributed by atoms with Gasteiger partial charge in [0, 0.05) is 12.5 Å². The maximum Gasteiger partial charge on any atom is 0.389 e. The Balaban J connectivity index is 2.19. The molecule has 1 fully saturated rings. The van der Waals surface area contributed by atoms with E-state index in [2.05, 4.69) is 5.32 Å². The summed E-state index contributed by atoms with van der Waals surface area (Å²) in [6.45, 7) is 2.86.